The van der Waals surface area contributed by atoms with Crippen LogP contribution in [0.4, 0.5) is 19.0 Å². The number of esters is 1. The van der Waals surface area contributed by atoms with E-state index in [1.165, 1.54) is 11.1 Å². The van der Waals surface area contributed by atoms with Crippen molar-refractivity contribution in [3.8, 4) is 0 Å². The molecule has 1 aromatic heterocycles. The molecular weight excluding hydrogens is 311 g/mol. The summed E-state index contributed by atoms with van der Waals surface area (Å²) < 4.78 is 42.4. The molecule has 0 aliphatic carbocycles. The molecule has 2 heterocycles. The van der Waals surface area contributed by atoms with Crippen LogP contribution in [0, 0.1) is 0 Å². The number of pyridine rings is 1. The zero-order valence-electron chi connectivity index (χ0n) is 13.1. The average molecular weight is 331 g/mol. The third-order valence-corrected chi connectivity index (χ3v) is 3.73. The summed E-state index contributed by atoms with van der Waals surface area (Å²) in [4.78, 5) is 19.1. The Bertz CT molecular complexity index is 534. The highest BCUT2D eigenvalue weighted by atomic mass is 19.4. The van der Waals surface area contributed by atoms with Gasteiger partial charge in [0.15, 0.2) is 0 Å². The Kier molecular flexibility index (Phi) is 5.46. The van der Waals surface area contributed by atoms with E-state index >= 15 is 0 Å². The molecule has 128 valence electrons. The van der Waals surface area contributed by atoms with Crippen LogP contribution in [0.5, 0.6) is 0 Å². The zero-order chi connectivity index (χ0) is 17.0. The third kappa shape index (κ3) is 4.82. The molecule has 1 aliphatic rings. The molecule has 23 heavy (non-hydrogen) atoms. The molecule has 0 aromatic carbocycles. The van der Waals surface area contributed by atoms with Crippen molar-refractivity contribution in [3.63, 3.8) is 0 Å². The average Bonchev–Trinajstić information content (AvgIpc) is 2.48. The molecule has 8 heteroatoms. The van der Waals surface area contributed by atoms with E-state index < -0.39 is 18.7 Å². The second-order valence-corrected chi connectivity index (χ2v) is 5.51. The Morgan fingerprint density at radius 1 is 1.39 bits per heavy atom. The first-order valence-electron chi connectivity index (χ1n) is 7.49. The number of anilines is 1. The summed E-state index contributed by atoms with van der Waals surface area (Å²) in [6.07, 6.45) is -2.75. The van der Waals surface area contributed by atoms with Gasteiger partial charge in [0, 0.05) is 31.9 Å². The van der Waals surface area contributed by atoms with E-state index in [-0.39, 0.29) is 6.04 Å². The summed E-state index contributed by atoms with van der Waals surface area (Å²) >= 11 is 0. The molecule has 0 spiro atoms. The molecular formula is C15H20F3N3O2. The monoisotopic (exact) mass is 331 g/mol. The number of rotatable bonds is 4. The van der Waals surface area contributed by atoms with Crippen molar-refractivity contribution in [3.05, 3.63) is 23.9 Å². The number of nitrogens with zero attached hydrogens (tertiary/aromatic N) is 3. The molecule has 5 nitrogen and oxygen atoms in total. The zero-order valence-corrected chi connectivity index (χ0v) is 13.1. The number of aromatic nitrogens is 1. The lowest BCUT2D eigenvalue weighted by molar-refractivity contribution is -0.150. The molecule has 1 saturated heterocycles. The lowest BCUT2D eigenvalue weighted by Crippen LogP contribution is -2.54. The maximum Gasteiger partial charge on any atom is 0.401 e. The van der Waals surface area contributed by atoms with Crippen molar-refractivity contribution >= 4 is 11.8 Å². The fourth-order valence-corrected chi connectivity index (χ4v) is 2.58. The van der Waals surface area contributed by atoms with Crippen LogP contribution < -0.4 is 4.90 Å². The molecule has 0 saturated carbocycles. The lowest BCUT2D eigenvalue weighted by Gasteiger charge is -2.40. The van der Waals surface area contributed by atoms with Crippen LogP contribution in [0.2, 0.25) is 0 Å². The summed E-state index contributed by atoms with van der Waals surface area (Å²) in [5, 5.41) is 0. The van der Waals surface area contributed by atoms with Gasteiger partial charge in [0.1, 0.15) is 5.82 Å². The van der Waals surface area contributed by atoms with Gasteiger partial charge in [-0.1, -0.05) is 0 Å². The van der Waals surface area contributed by atoms with E-state index in [1.807, 2.05) is 4.90 Å². The van der Waals surface area contributed by atoms with Crippen molar-refractivity contribution < 1.29 is 22.7 Å². The van der Waals surface area contributed by atoms with E-state index in [9.17, 15) is 18.0 Å². The Labute approximate surface area is 133 Å². The van der Waals surface area contributed by atoms with Crippen LogP contribution in [-0.2, 0) is 4.74 Å². The van der Waals surface area contributed by atoms with Gasteiger partial charge in [-0.15, -0.1) is 0 Å². The Balaban J connectivity index is 1.97. The van der Waals surface area contributed by atoms with Gasteiger partial charge in [0.25, 0.3) is 0 Å². The van der Waals surface area contributed by atoms with Crippen LogP contribution in [0.25, 0.3) is 0 Å². The smallest absolute Gasteiger partial charge is 0.401 e. The highest BCUT2D eigenvalue weighted by Gasteiger charge is 2.35. The minimum absolute atomic E-state index is 0.225. The highest BCUT2D eigenvalue weighted by Crippen LogP contribution is 2.22. The minimum atomic E-state index is -4.18. The molecule has 0 amide bonds. The molecule has 1 fully saturated rings. The number of piperazine rings is 1. The van der Waals surface area contributed by atoms with Gasteiger partial charge >= 0.3 is 12.1 Å². The fraction of sp³-hybridized carbons (Fsp3) is 0.600. The predicted octanol–water partition coefficient (Wildman–Crippen LogP) is 2.33. The Morgan fingerprint density at radius 2 is 2.13 bits per heavy atom. The molecule has 2 rings (SSSR count). The Hall–Kier alpha value is -1.83. The largest absolute Gasteiger partial charge is 0.462 e. The fourth-order valence-electron chi connectivity index (χ4n) is 2.58. The van der Waals surface area contributed by atoms with Gasteiger partial charge < -0.3 is 9.64 Å². The SMILES string of the molecule is CCOC(=O)c1ccc(N2CCN(CC(F)(F)F)C(C)C2)nc1. The first-order valence-corrected chi connectivity index (χ1v) is 7.49. The summed E-state index contributed by atoms with van der Waals surface area (Å²) in [5.74, 6) is 0.214. The number of carbonyl (C=O) groups excluding carboxylic acids is 1. The Morgan fingerprint density at radius 3 is 2.65 bits per heavy atom. The maximum absolute atomic E-state index is 12.5. The highest BCUT2D eigenvalue weighted by molar-refractivity contribution is 5.89. The van der Waals surface area contributed by atoms with Crippen molar-refractivity contribution in [1.29, 1.82) is 0 Å². The van der Waals surface area contributed by atoms with E-state index in [0.717, 1.165) is 0 Å². The van der Waals surface area contributed by atoms with Gasteiger partial charge in [-0.25, -0.2) is 9.78 Å². The van der Waals surface area contributed by atoms with Crippen LogP contribution >= 0.6 is 0 Å². The third-order valence-electron chi connectivity index (χ3n) is 3.73. The second-order valence-electron chi connectivity index (χ2n) is 5.51. The van der Waals surface area contributed by atoms with E-state index in [0.29, 0.717) is 37.6 Å². The number of halogens is 3. The molecule has 1 aliphatic heterocycles. The van der Waals surface area contributed by atoms with E-state index in [2.05, 4.69) is 4.98 Å². The van der Waals surface area contributed by atoms with Crippen LogP contribution in [0.15, 0.2) is 18.3 Å². The van der Waals surface area contributed by atoms with Gasteiger partial charge in [-0.2, -0.15) is 13.2 Å². The number of ether oxygens (including phenoxy) is 1. The van der Waals surface area contributed by atoms with E-state index in [1.54, 1.807) is 26.0 Å². The number of carbonyl (C=O) groups is 1. The molecule has 0 N–H and O–H groups in total. The molecule has 1 atom stereocenters. The van der Waals surface area contributed by atoms with Crippen LogP contribution in [0.1, 0.15) is 24.2 Å². The summed E-state index contributed by atoms with van der Waals surface area (Å²) in [5.41, 5.74) is 0.361. The topological polar surface area (TPSA) is 45.7 Å². The first-order chi connectivity index (χ1) is 10.8. The quantitative estimate of drug-likeness (QED) is 0.793. The van der Waals surface area contributed by atoms with Gasteiger partial charge in [0.05, 0.1) is 18.7 Å². The first kappa shape index (κ1) is 17.5. The molecule has 1 aromatic rings. The van der Waals surface area contributed by atoms with Crippen molar-refractivity contribution in [2.45, 2.75) is 26.1 Å². The standard InChI is InChI=1S/C15H20F3N3O2/c1-3-23-14(22)12-4-5-13(19-8-12)20-6-7-21(11(2)9-20)10-15(16,17)18/h4-5,8,11H,3,6-7,9-10H2,1-2H3. The van der Waals surface area contributed by atoms with Crippen LogP contribution in [0.3, 0.4) is 0 Å². The summed E-state index contributed by atoms with van der Waals surface area (Å²) in [6, 6.07) is 3.09. The van der Waals surface area contributed by atoms with Crippen molar-refractivity contribution in [1.82, 2.24) is 9.88 Å². The second kappa shape index (κ2) is 7.16. The van der Waals surface area contributed by atoms with Gasteiger partial charge in [-0.3, -0.25) is 4.90 Å². The van der Waals surface area contributed by atoms with Crippen molar-refractivity contribution in [2.24, 2.45) is 0 Å². The molecule has 1 unspecified atom stereocenters. The van der Waals surface area contributed by atoms with Crippen molar-refractivity contribution in [2.75, 3.05) is 37.7 Å². The number of hydrogen-bond donors (Lipinski definition) is 0. The number of hydrogen-bond acceptors (Lipinski definition) is 5. The maximum atomic E-state index is 12.5. The predicted molar refractivity (Wildman–Crippen MR) is 79.5 cm³/mol. The molecule has 0 bridgehead atoms. The lowest BCUT2D eigenvalue weighted by atomic mass is 10.2. The normalized spacial score (nSPS) is 19.7. The van der Waals surface area contributed by atoms with Gasteiger partial charge in [0.2, 0.25) is 0 Å². The number of alkyl halides is 3. The summed E-state index contributed by atoms with van der Waals surface area (Å²) in [7, 11) is 0. The van der Waals surface area contributed by atoms with Gasteiger partial charge in [-0.05, 0) is 26.0 Å². The van der Waals surface area contributed by atoms with Crippen LogP contribution in [-0.4, -0.2) is 60.9 Å². The minimum Gasteiger partial charge on any atom is -0.462 e. The summed E-state index contributed by atoms with van der Waals surface area (Å²) in [6.45, 7) is 4.14. The molecule has 0 radical (unpaired) electrons. The van der Waals surface area contributed by atoms with E-state index in [4.69, 9.17) is 4.74 Å².